The third-order valence-electron chi connectivity index (χ3n) is 1.61. The Bertz CT molecular complexity index is 278. The summed E-state index contributed by atoms with van der Waals surface area (Å²) in [6, 6.07) is 1.59. The molecule has 4 heteroatoms. The molecule has 0 saturated heterocycles. The van der Waals surface area contributed by atoms with E-state index in [9.17, 15) is 4.39 Å². The van der Waals surface area contributed by atoms with Gasteiger partial charge < -0.3 is 5.32 Å². The average Bonchev–Trinajstić information content (AvgIpc) is 2.12. The number of hydrogen-bond acceptors (Lipinski definition) is 2. The molecule has 72 valence electrons. The third kappa shape index (κ3) is 3.28. The Morgan fingerprint density at radius 1 is 1.62 bits per heavy atom. The minimum Gasteiger partial charge on any atom is -0.313 e. The highest BCUT2D eigenvalue weighted by atomic mass is 35.5. The van der Waals surface area contributed by atoms with Crippen LogP contribution in [0.15, 0.2) is 12.3 Å². The van der Waals surface area contributed by atoms with Gasteiger partial charge in [-0.15, -0.1) is 0 Å². The van der Waals surface area contributed by atoms with E-state index >= 15 is 0 Å². The van der Waals surface area contributed by atoms with E-state index in [2.05, 4.69) is 17.2 Å². The molecular formula is C9H12ClFN2. The Hall–Kier alpha value is -0.670. The molecule has 13 heavy (non-hydrogen) atoms. The van der Waals surface area contributed by atoms with Crippen molar-refractivity contribution in [2.45, 2.75) is 19.9 Å². The third-order valence-corrected chi connectivity index (χ3v) is 1.87. The van der Waals surface area contributed by atoms with E-state index < -0.39 is 5.95 Å². The van der Waals surface area contributed by atoms with Crippen LogP contribution in [0.3, 0.4) is 0 Å². The molecule has 0 fully saturated rings. The van der Waals surface area contributed by atoms with E-state index in [0.29, 0.717) is 6.54 Å². The minimum absolute atomic E-state index is 0.0794. The molecule has 1 rings (SSSR count). The summed E-state index contributed by atoms with van der Waals surface area (Å²) in [7, 11) is 0. The highest BCUT2D eigenvalue weighted by Crippen LogP contribution is 2.12. The maximum Gasteiger partial charge on any atom is 0.231 e. The largest absolute Gasteiger partial charge is 0.313 e. The molecule has 0 saturated carbocycles. The zero-order chi connectivity index (χ0) is 9.68. The van der Waals surface area contributed by atoms with Gasteiger partial charge in [-0.3, -0.25) is 0 Å². The molecule has 1 N–H and O–H groups in total. The van der Waals surface area contributed by atoms with Gasteiger partial charge in [0.25, 0.3) is 0 Å². The quantitative estimate of drug-likeness (QED) is 0.599. The molecule has 0 atom stereocenters. The van der Waals surface area contributed by atoms with Gasteiger partial charge in [0.1, 0.15) is 0 Å². The summed E-state index contributed by atoms with van der Waals surface area (Å²) in [4.78, 5) is 3.52. The van der Waals surface area contributed by atoms with Crippen LogP contribution in [-0.2, 0) is 6.54 Å². The van der Waals surface area contributed by atoms with Crippen molar-refractivity contribution in [2.75, 3.05) is 6.54 Å². The van der Waals surface area contributed by atoms with Crippen LogP contribution >= 0.6 is 11.6 Å². The molecular weight excluding hydrogens is 191 g/mol. The summed E-state index contributed by atoms with van der Waals surface area (Å²) in [5.74, 6) is -0.610. The molecule has 0 aromatic carbocycles. The number of nitrogens with one attached hydrogen (secondary N) is 1. The Kier molecular flexibility index (Phi) is 4.12. The maximum atomic E-state index is 12.6. The molecule has 1 aromatic rings. The zero-order valence-electron chi connectivity index (χ0n) is 7.48. The SMILES string of the molecule is CCCNCc1cnc(F)c(Cl)c1. The molecule has 0 aliphatic heterocycles. The zero-order valence-corrected chi connectivity index (χ0v) is 8.24. The van der Waals surface area contributed by atoms with Crippen molar-refractivity contribution in [3.05, 3.63) is 28.8 Å². The second-order valence-corrected chi connectivity index (χ2v) is 3.20. The summed E-state index contributed by atoms with van der Waals surface area (Å²) >= 11 is 5.56. The first kappa shape index (κ1) is 10.4. The number of hydrogen-bond donors (Lipinski definition) is 1. The highest BCUT2D eigenvalue weighted by Gasteiger charge is 2.01. The molecule has 0 unspecified atom stereocenters. The number of rotatable bonds is 4. The van der Waals surface area contributed by atoms with Crippen molar-refractivity contribution in [2.24, 2.45) is 0 Å². The topological polar surface area (TPSA) is 24.9 Å². The van der Waals surface area contributed by atoms with E-state index in [1.165, 1.54) is 6.20 Å². The first-order valence-corrected chi connectivity index (χ1v) is 4.62. The van der Waals surface area contributed by atoms with E-state index in [-0.39, 0.29) is 5.02 Å². The van der Waals surface area contributed by atoms with E-state index in [0.717, 1.165) is 18.5 Å². The summed E-state index contributed by atoms with van der Waals surface area (Å²) in [5, 5.41) is 3.26. The molecule has 2 nitrogen and oxygen atoms in total. The fraction of sp³-hybridized carbons (Fsp3) is 0.444. The van der Waals surface area contributed by atoms with Gasteiger partial charge in [0.15, 0.2) is 0 Å². The standard InChI is InChI=1S/C9H12ClFN2/c1-2-3-12-5-7-4-8(10)9(11)13-6-7/h4,6,12H,2-3,5H2,1H3. The fourth-order valence-corrected chi connectivity index (χ4v) is 1.16. The first-order valence-electron chi connectivity index (χ1n) is 4.24. The Labute approximate surface area is 82.1 Å². The first-order chi connectivity index (χ1) is 6.24. The van der Waals surface area contributed by atoms with Crippen molar-refractivity contribution in [3.63, 3.8) is 0 Å². The molecule has 0 bridgehead atoms. The number of halogens is 2. The highest BCUT2D eigenvalue weighted by molar-refractivity contribution is 6.30. The van der Waals surface area contributed by atoms with Crippen LogP contribution in [0, 0.1) is 5.95 Å². The van der Waals surface area contributed by atoms with E-state index in [1.54, 1.807) is 6.07 Å². The van der Waals surface area contributed by atoms with Gasteiger partial charge in [-0.05, 0) is 24.6 Å². The van der Waals surface area contributed by atoms with Gasteiger partial charge in [-0.2, -0.15) is 4.39 Å². The number of pyridine rings is 1. The van der Waals surface area contributed by atoms with E-state index in [4.69, 9.17) is 11.6 Å². The van der Waals surface area contributed by atoms with Crippen molar-refractivity contribution in [1.82, 2.24) is 10.3 Å². The van der Waals surface area contributed by atoms with Crippen LogP contribution in [0.2, 0.25) is 5.02 Å². The smallest absolute Gasteiger partial charge is 0.231 e. The predicted octanol–water partition coefficient (Wildman–Crippen LogP) is 2.37. The molecule has 0 spiro atoms. The Morgan fingerprint density at radius 3 is 3.00 bits per heavy atom. The second-order valence-electron chi connectivity index (χ2n) is 2.79. The summed E-state index contributed by atoms with van der Waals surface area (Å²) in [6.45, 7) is 3.71. The summed E-state index contributed by atoms with van der Waals surface area (Å²) in [6.07, 6.45) is 2.56. The van der Waals surface area contributed by atoms with Crippen LogP contribution in [0.25, 0.3) is 0 Å². The fourth-order valence-electron chi connectivity index (χ4n) is 0.967. The molecule has 0 amide bonds. The van der Waals surface area contributed by atoms with Gasteiger partial charge >= 0.3 is 0 Å². The van der Waals surface area contributed by atoms with Gasteiger partial charge in [0, 0.05) is 12.7 Å². The molecule has 1 aromatic heterocycles. The lowest BCUT2D eigenvalue weighted by molar-refractivity contribution is 0.580. The minimum atomic E-state index is -0.610. The molecule has 0 aliphatic carbocycles. The lowest BCUT2D eigenvalue weighted by Gasteiger charge is -2.02. The van der Waals surface area contributed by atoms with Crippen LogP contribution in [0.4, 0.5) is 4.39 Å². The van der Waals surface area contributed by atoms with Gasteiger partial charge in [0.2, 0.25) is 5.95 Å². The van der Waals surface area contributed by atoms with Crippen molar-refractivity contribution >= 4 is 11.6 Å². The second kappa shape index (κ2) is 5.14. The van der Waals surface area contributed by atoms with Gasteiger partial charge in [0.05, 0.1) is 5.02 Å². The normalized spacial score (nSPS) is 10.4. The van der Waals surface area contributed by atoms with Crippen molar-refractivity contribution in [3.8, 4) is 0 Å². The van der Waals surface area contributed by atoms with Crippen LogP contribution in [0.5, 0.6) is 0 Å². The van der Waals surface area contributed by atoms with Gasteiger partial charge in [-0.1, -0.05) is 18.5 Å². The van der Waals surface area contributed by atoms with Crippen LogP contribution in [-0.4, -0.2) is 11.5 Å². The number of nitrogens with zero attached hydrogens (tertiary/aromatic N) is 1. The van der Waals surface area contributed by atoms with Crippen LogP contribution < -0.4 is 5.32 Å². The van der Waals surface area contributed by atoms with Crippen molar-refractivity contribution in [1.29, 1.82) is 0 Å². The summed E-state index contributed by atoms with van der Waals surface area (Å²) in [5.41, 5.74) is 0.903. The Balaban J connectivity index is 2.53. The van der Waals surface area contributed by atoms with Crippen LogP contribution in [0.1, 0.15) is 18.9 Å². The lowest BCUT2D eigenvalue weighted by Crippen LogP contribution is -2.14. The summed E-state index contributed by atoms with van der Waals surface area (Å²) < 4.78 is 12.6. The average molecular weight is 203 g/mol. The Morgan fingerprint density at radius 2 is 2.38 bits per heavy atom. The van der Waals surface area contributed by atoms with Gasteiger partial charge in [-0.25, -0.2) is 4.98 Å². The monoisotopic (exact) mass is 202 g/mol. The lowest BCUT2D eigenvalue weighted by atomic mass is 10.3. The molecule has 0 aliphatic rings. The van der Waals surface area contributed by atoms with E-state index in [1.807, 2.05) is 0 Å². The molecule has 1 heterocycles. The number of aromatic nitrogens is 1. The maximum absolute atomic E-state index is 12.6. The predicted molar refractivity (Wildman–Crippen MR) is 51.2 cm³/mol. The molecule has 0 radical (unpaired) electrons. The van der Waals surface area contributed by atoms with Crippen molar-refractivity contribution < 1.29 is 4.39 Å².